The lowest BCUT2D eigenvalue weighted by molar-refractivity contribution is 0.153. The summed E-state index contributed by atoms with van der Waals surface area (Å²) in [6.07, 6.45) is 1.90. The van der Waals surface area contributed by atoms with E-state index in [2.05, 4.69) is 0 Å². The lowest BCUT2D eigenvalue weighted by Gasteiger charge is -2.30. The van der Waals surface area contributed by atoms with E-state index in [1.807, 2.05) is 61.5 Å². The van der Waals surface area contributed by atoms with Crippen LogP contribution in [0.4, 0.5) is 0 Å². The summed E-state index contributed by atoms with van der Waals surface area (Å²) < 4.78 is 6.12. The van der Waals surface area contributed by atoms with Crippen LogP contribution in [-0.4, -0.2) is 11.2 Å². The van der Waals surface area contributed by atoms with Crippen molar-refractivity contribution in [3.63, 3.8) is 0 Å². The molecule has 0 aliphatic carbocycles. The number of aliphatic hydroxyl groups excluding tert-OH is 1. The van der Waals surface area contributed by atoms with Crippen molar-refractivity contribution in [2.45, 2.75) is 25.6 Å². The summed E-state index contributed by atoms with van der Waals surface area (Å²) in [4.78, 5) is 0. The second-order valence-electron chi connectivity index (χ2n) is 5.16. The Kier molecular flexibility index (Phi) is 4.00. The van der Waals surface area contributed by atoms with Gasteiger partial charge < -0.3 is 9.84 Å². The van der Waals surface area contributed by atoms with Gasteiger partial charge in [0.2, 0.25) is 0 Å². The maximum atomic E-state index is 10.3. The van der Waals surface area contributed by atoms with Crippen LogP contribution in [0.25, 0.3) is 6.08 Å². The third kappa shape index (κ3) is 2.82. The molecule has 1 aliphatic rings. The average molecular weight is 301 g/mol. The van der Waals surface area contributed by atoms with Gasteiger partial charge in [-0.15, -0.1) is 0 Å². The van der Waals surface area contributed by atoms with Gasteiger partial charge in [-0.1, -0.05) is 48.9 Å². The minimum Gasteiger partial charge on any atom is -0.481 e. The Hall–Kier alpha value is -1.77. The lowest BCUT2D eigenvalue weighted by atomic mass is 9.91. The van der Waals surface area contributed by atoms with Gasteiger partial charge in [0, 0.05) is 16.2 Å². The monoisotopic (exact) mass is 300 g/mol. The molecule has 0 bridgehead atoms. The van der Waals surface area contributed by atoms with E-state index in [9.17, 15) is 5.11 Å². The van der Waals surface area contributed by atoms with Gasteiger partial charge in [0.25, 0.3) is 0 Å². The van der Waals surface area contributed by atoms with Crippen molar-refractivity contribution in [3.8, 4) is 5.75 Å². The molecule has 2 aromatic rings. The van der Waals surface area contributed by atoms with Crippen LogP contribution in [0, 0.1) is 0 Å². The normalized spacial score (nSPS) is 18.4. The van der Waals surface area contributed by atoms with Crippen molar-refractivity contribution in [3.05, 3.63) is 70.3 Å². The third-order valence-electron chi connectivity index (χ3n) is 3.73. The summed E-state index contributed by atoms with van der Waals surface area (Å²) in [7, 11) is 0. The summed E-state index contributed by atoms with van der Waals surface area (Å²) in [6.45, 7) is 1.96. The number of fused-ring (bicyclic) bond motifs is 1. The Labute approximate surface area is 129 Å². The van der Waals surface area contributed by atoms with Crippen molar-refractivity contribution in [1.29, 1.82) is 0 Å². The van der Waals surface area contributed by atoms with Crippen LogP contribution in [0.2, 0.25) is 5.02 Å². The van der Waals surface area contributed by atoms with E-state index in [1.54, 1.807) is 0 Å². The van der Waals surface area contributed by atoms with E-state index in [0.717, 1.165) is 22.4 Å². The Morgan fingerprint density at radius 1 is 1.14 bits per heavy atom. The van der Waals surface area contributed by atoms with Crippen LogP contribution in [0.5, 0.6) is 5.75 Å². The Bertz CT molecular complexity index is 661. The first-order chi connectivity index (χ1) is 10.2. The van der Waals surface area contributed by atoms with Gasteiger partial charge in [-0.25, -0.2) is 0 Å². The minimum absolute atomic E-state index is 0.271. The first kappa shape index (κ1) is 14.2. The summed E-state index contributed by atoms with van der Waals surface area (Å²) in [6, 6.07) is 15.4. The Balaban J connectivity index is 2.05. The van der Waals surface area contributed by atoms with Gasteiger partial charge in [-0.2, -0.15) is 0 Å². The molecule has 1 N–H and O–H groups in total. The number of halogens is 1. The molecular formula is C18H17ClO2. The number of hydrogen-bond donors (Lipinski definition) is 1. The zero-order valence-electron chi connectivity index (χ0n) is 11.8. The fourth-order valence-corrected chi connectivity index (χ4v) is 2.69. The van der Waals surface area contributed by atoms with E-state index in [1.165, 1.54) is 0 Å². The predicted octanol–water partition coefficient (Wildman–Crippen LogP) is 4.63. The number of hydrogen-bond acceptors (Lipinski definition) is 2. The third-order valence-corrected chi connectivity index (χ3v) is 3.98. The van der Waals surface area contributed by atoms with Crippen LogP contribution in [-0.2, 0) is 0 Å². The van der Waals surface area contributed by atoms with Crippen LogP contribution in [0.15, 0.2) is 54.1 Å². The van der Waals surface area contributed by atoms with Crippen LogP contribution < -0.4 is 4.74 Å². The van der Waals surface area contributed by atoms with Crippen molar-refractivity contribution < 1.29 is 9.84 Å². The number of ether oxygens (including phenoxy) is 1. The molecule has 3 rings (SSSR count). The van der Waals surface area contributed by atoms with Crippen LogP contribution in [0.1, 0.15) is 30.6 Å². The van der Waals surface area contributed by atoms with E-state index in [0.29, 0.717) is 11.4 Å². The van der Waals surface area contributed by atoms with Gasteiger partial charge in [0.05, 0.1) is 6.10 Å². The van der Waals surface area contributed by atoms with Gasteiger partial charge >= 0.3 is 0 Å². The second-order valence-corrected chi connectivity index (χ2v) is 5.59. The predicted molar refractivity (Wildman–Crippen MR) is 85.5 cm³/mol. The Morgan fingerprint density at radius 3 is 2.57 bits per heavy atom. The molecule has 1 aliphatic heterocycles. The molecule has 0 radical (unpaired) electrons. The van der Waals surface area contributed by atoms with E-state index >= 15 is 0 Å². The maximum absolute atomic E-state index is 10.3. The molecule has 0 aromatic heterocycles. The molecule has 108 valence electrons. The average Bonchev–Trinajstić information content (AvgIpc) is 2.53. The topological polar surface area (TPSA) is 29.5 Å². The van der Waals surface area contributed by atoms with Crippen molar-refractivity contribution in [2.24, 2.45) is 0 Å². The van der Waals surface area contributed by atoms with E-state index in [-0.39, 0.29) is 6.10 Å². The minimum atomic E-state index is -0.515. The molecule has 0 spiro atoms. The number of aliphatic hydroxyl groups is 1. The number of benzene rings is 2. The Morgan fingerprint density at radius 2 is 1.86 bits per heavy atom. The SMILES string of the molecule is CC[C@@H](O)C1=Cc2ccccc2O[C@@H]1c1ccc(Cl)cc1. The van der Waals surface area contributed by atoms with Gasteiger partial charge in [-0.3, -0.25) is 0 Å². The fourth-order valence-electron chi connectivity index (χ4n) is 2.56. The largest absolute Gasteiger partial charge is 0.481 e. The highest BCUT2D eigenvalue weighted by Crippen LogP contribution is 2.39. The molecule has 0 saturated carbocycles. The van der Waals surface area contributed by atoms with Crippen LogP contribution in [0.3, 0.4) is 0 Å². The highest BCUT2D eigenvalue weighted by atomic mass is 35.5. The summed E-state index contributed by atoms with van der Waals surface area (Å²) >= 11 is 5.95. The highest BCUT2D eigenvalue weighted by molar-refractivity contribution is 6.30. The fraction of sp³-hybridized carbons (Fsp3) is 0.222. The maximum Gasteiger partial charge on any atom is 0.148 e. The quantitative estimate of drug-likeness (QED) is 0.895. The zero-order valence-corrected chi connectivity index (χ0v) is 12.5. The second kappa shape index (κ2) is 5.92. The van der Waals surface area contributed by atoms with Gasteiger partial charge in [-0.05, 0) is 36.3 Å². The molecule has 2 aromatic carbocycles. The molecule has 2 nitrogen and oxygen atoms in total. The summed E-state index contributed by atoms with van der Waals surface area (Å²) in [5, 5.41) is 11.0. The molecular weight excluding hydrogens is 284 g/mol. The summed E-state index contributed by atoms with van der Waals surface area (Å²) in [5.74, 6) is 0.838. The first-order valence-electron chi connectivity index (χ1n) is 7.09. The molecule has 0 unspecified atom stereocenters. The molecule has 3 heteroatoms. The van der Waals surface area contributed by atoms with Crippen molar-refractivity contribution in [2.75, 3.05) is 0 Å². The summed E-state index contributed by atoms with van der Waals surface area (Å²) in [5.41, 5.74) is 2.89. The van der Waals surface area contributed by atoms with Crippen molar-refractivity contribution >= 4 is 17.7 Å². The van der Waals surface area contributed by atoms with E-state index in [4.69, 9.17) is 16.3 Å². The molecule has 0 fully saturated rings. The smallest absolute Gasteiger partial charge is 0.148 e. The molecule has 2 atom stereocenters. The van der Waals surface area contributed by atoms with Crippen molar-refractivity contribution in [1.82, 2.24) is 0 Å². The molecule has 0 amide bonds. The number of para-hydroxylation sites is 1. The first-order valence-corrected chi connectivity index (χ1v) is 7.47. The standard InChI is InChI=1S/C18H17ClO2/c1-2-16(20)15-11-13-5-3-4-6-17(13)21-18(15)12-7-9-14(19)10-8-12/h3-11,16,18,20H,2H2,1H3/t16-,18-/m1/s1. The molecule has 0 saturated heterocycles. The van der Waals surface area contributed by atoms with E-state index < -0.39 is 6.10 Å². The van der Waals surface area contributed by atoms with Gasteiger partial charge in [0.1, 0.15) is 11.9 Å². The molecule has 21 heavy (non-hydrogen) atoms. The van der Waals surface area contributed by atoms with Crippen LogP contribution >= 0.6 is 11.6 Å². The lowest BCUT2D eigenvalue weighted by Crippen LogP contribution is -2.23. The number of rotatable bonds is 3. The molecule has 1 heterocycles. The van der Waals surface area contributed by atoms with Gasteiger partial charge in [0.15, 0.2) is 0 Å². The highest BCUT2D eigenvalue weighted by Gasteiger charge is 2.28. The zero-order chi connectivity index (χ0) is 14.8.